The summed E-state index contributed by atoms with van der Waals surface area (Å²) in [4.78, 5) is 10.9. The summed E-state index contributed by atoms with van der Waals surface area (Å²) in [5.41, 5.74) is 0.794. The molecule has 0 radical (unpaired) electrons. The van der Waals surface area contributed by atoms with Gasteiger partial charge < -0.3 is 15.3 Å². The van der Waals surface area contributed by atoms with Crippen LogP contribution in [0.2, 0.25) is 0 Å². The van der Waals surface area contributed by atoms with Gasteiger partial charge in [0.1, 0.15) is 0 Å². The van der Waals surface area contributed by atoms with E-state index in [1.54, 1.807) is 0 Å². The highest BCUT2D eigenvalue weighted by molar-refractivity contribution is 5.66. The maximum Gasteiger partial charge on any atom is 0.303 e. The average molecular weight is 403 g/mol. The Morgan fingerprint density at radius 3 is 2.69 bits per heavy atom. The van der Waals surface area contributed by atoms with Crippen LogP contribution in [0.3, 0.4) is 0 Å². The van der Waals surface area contributed by atoms with Crippen molar-refractivity contribution in [1.29, 1.82) is 0 Å². The van der Waals surface area contributed by atoms with Crippen LogP contribution in [0.15, 0.2) is 11.6 Å². The van der Waals surface area contributed by atoms with Crippen molar-refractivity contribution in [2.45, 2.75) is 102 Å². The summed E-state index contributed by atoms with van der Waals surface area (Å²) in [6.07, 6.45) is 13.3. The molecule has 3 aliphatic rings. The first-order chi connectivity index (χ1) is 13.9. The van der Waals surface area contributed by atoms with E-state index < -0.39 is 11.6 Å². The largest absolute Gasteiger partial charge is 0.481 e. The van der Waals surface area contributed by atoms with Gasteiger partial charge in [-0.15, -0.1) is 0 Å². The molecule has 0 bridgehead atoms. The number of fused-ring (bicyclic) bond motifs is 1. The van der Waals surface area contributed by atoms with Crippen molar-refractivity contribution >= 4 is 5.97 Å². The number of aliphatic carboxylic acids is 1. The van der Waals surface area contributed by atoms with E-state index in [0.717, 1.165) is 57.8 Å². The van der Waals surface area contributed by atoms with E-state index in [4.69, 9.17) is 5.11 Å². The molecule has 3 aliphatic carbocycles. The molecule has 3 fully saturated rings. The molecular weight excluding hydrogens is 364 g/mol. The van der Waals surface area contributed by atoms with Crippen LogP contribution in [0.5, 0.6) is 0 Å². The predicted octanol–water partition coefficient (Wildman–Crippen LogP) is 4.69. The number of carbonyl (C=O) groups is 1. The smallest absolute Gasteiger partial charge is 0.303 e. The molecule has 5 unspecified atom stereocenters. The summed E-state index contributed by atoms with van der Waals surface area (Å²) in [7, 11) is 0. The third kappa shape index (κ3) is 5.44. The van der Waals surface area contributed by atoms with Crippen molar-refractivity contribution in [1.82, 2.24) is 0 Å². The molecule has 0 amide bonds. The van der Waals surface area contributed by atoms with Crippen molar-refractivity contribution in [3.8, 4) is 11.8 Å². The lowest BCUT2D eigenvalue weighted by atomic mass is 9.50. The predicted molar refractivity (Wildman–Crippen MR) is 114 cm³/mol. The fourth-order valence-electron chi connectivity index (χ4n) is 5.89. The quantitative estimate of drug-likeness (QED) is 0.426. The normalized spacial score (nSPS) is 34.6. The van der Waals surface area contributed by atoms with Crippen LogP contribution in [0.1, 0.15) is 90.4 Å². The zero-order chi connectivity index (χ0) is 20.9. The van der Waals surface area contributed by atoms with E-state index in [-0.39, 0.29) is 18.4 Å². The second kappa shape index (κ2) is 10.1. The molecule has 0 aromatic carbocycles. The van der Waals surface area contributed by atoms with Gasteiger partial charge in [0.05, 0.1) is 17.6 Å². The molecule has 0 aromatic heterocycles. The summed E-state index contributed by atoms with van der Waals surface area (Å²) >= 11 is 0. The van der Waals surface area contributed by atoms with Crippen LogP contribution >= 0.6 is 0 Å². The molecule has 0 aromatic rings. The maximum atomic E-state index is 10.9. The molecule has 4 nitrogen and oxygen atoms in total. The number of carboxylic acids is 1. The van der Waals surface area contributed by atoms with Crippen molar-refractivity contribution < 1.29 is 20.1 Å². The highest BCUT2D eigenvalue weighted by Gasteiger charge is 2.52. The van der Waals surface area contributed by atoms with Gasteiger partial charge >= 0.3 is 5.97 Å². The number of hydrogen-bond acceptors (Lipinski definition) is 3. The zero-order valence-electron chi connectivity index (χ0n) is 17.9. The van der Waals surface area contributed by atoms with Gasteiger partial charge in [-0.2, -0.15) is 0 Å². The van der Waals surface area contributed by atoms with E-state index in [1.807, 2.05) is 0 Å². The Hall–Kier alpha value is -1.31. The molecular formula is C25H38O4. The van der Waals surface area contributed by atoms with Crippen LogP contribution in [0.4, 0.5) is 0 Å². The van der Waals surface area contributed by atoms with Crippen LogP contribution in [0.25, 0.3) is 0 Å². The van der Waals surface area contributed by atoms with Crippen molar-refractivity contribution in [3.05, 3.63) is 11.6 Å². The summed E-state index contributed by atoms with van der Waals surface area (Å²) in [5.74, 6) is 7.18. The first-order valence-electron chi connectivity index (χ1n) is 11.8. The van der Waals surface area contributed by atoms with Gasteiger partial charge in [-0.3, -0.25) is 4.79 Å². The SMILES string of the molecule is CCCCC1/C(=C/CCC(=O)O)C2CCC(O)C(C#CCC3(O)CCCCC3)C12. The Morgan fingerprint density at radius 1 is 1.24 bits per heavy atom. The Labute approximate surface area is 175 Å². The molecule has 0 heterocycles. The molecule has 0 aliphatic heterocycles. The maximum absolute atomic E-state index is 10.9. The third-order valence-electron chi connectivity index (χ3n) is 7.47. The van der Waals surface area contributed by atoms with Crippen LogP contribution in [-0.2, 0) is 4.79 Å². The lowest BCUT2D eigenvalue weighted by molar-refractivity contribution is -0.136. The molecule has 3 rings (SSSR count). The monoisotopic (exact) mass is 402 g/mol. The van der Waals surface area contributed by atoms with Crippen LogP contribution < -0.4 is 0 Å². The van der Waals surface area contributed by atoms with Crippen molar-refractivity contribution in [2.75, 3.05) is 0 Å². The molecule has 0 saturated heterocycles. The number of rotatable bonds is 7. The van der Waals surface area contributed by atoms with Crippen LogP contribution in [-0.4, -0.2) is 33.0 Å². The van der Waals surface area contributed by atoms with E-state index in [2.05, 4.69) is 24.8 Å². The van der Waals surface area contributed by atoms with Gasteiger partial charge in [-0.1, -0.05) is 62.5 Å². The summed E-state index contributed by atoms with van der Waals surface area (Å²) in [6, 6.07) is 0. The first-order valence-corrected chi connectivity index (χ1v) is 11.8. The molecule has 29 heavy (non-hydrogen) atoms. The zero-order valence-corrected chi connectivity index (χ0v) is 17.9. The topological polar surface area (TPSA) is 77.8 Å². The van der Waals surface area contributed by atoms with E-state index in [0.29, 0.717) is 30.6 Å². The minimum Gasteiger partial charge on any atom is -0.481 e. The van der Waals surface area contributed by atoms with Gasteiger partial charge in [-0.05, 0) is 56.3 Å². The van der Waals surface area contributed by atoms with Crippen molar-refractivity contribution in [3.63, 3.8) is 0 Å². The summed E-state index contributed by atoms with van der Waals surface area (Å²) in [5, 5.41) is 30.4. The minimum absolute atomic E-state index is 0.0144. The highest BCUT2D eigenvalue weighted by atomic mass is 16.4. The third-order valence-corrected chi connectivity index (χ3v) is 7.47. The van der Waals surface area contributed by atoms with Gasteiger partial charge in [0.2, 0.25) is 0 Å². The fraction of sp³-hybridized carbons (Fsp3) is 0.800. The second-order valence-corrected chi connectivity index (χ2v) is 9.52. The Bertz CT molecular complexity index is 649. The van der Waals surface area contributed by atoms with Gasteiger partial charge in [0, 0.05) is 12.8 Å². The fourth-order valence-corrected chi connectivity index (χ4v) is 5.89. The molecule has 3 N–H and O–H groups in total. The van der Waals surface area contributed by atoms with Gasteiger partial charge in [0.25, 0.3) is 0 Å². The first kappa shape index (κ1) is 22.4. The lowest BCUT2D eigenvalue weighted by Crippen LogP contribution is -2.51. The minimum atomic E-state index is -0.744. The van der Waals surface area contributed by atoms with Gasteiger partial charge in [0.15, 0.2) is 0 Å². The Kier molecular flexibility index (Phi) is 7.82. The Balaban J connectivity index is 1.70. The summed E-state index contributed by atoms with van der Waals surface area (Å²) in [6.45, 7) is 2.20. The number of unbranched alkanes of at least 4 members (excludes halogenated alkanes) is 1. The number of allylic oxidation sites excluding steroid dienone is 2. The Morgan fingerprint density at radius 2 is 2.00 bits per heavy atom. The van der Waals surface area contributed by atoms with E-state index in [9.17, 15) is 15.0 Å². The standard InChI is InChI=1S/C25H38O4/c1-2-3-9-19-18(10-7-12-23(27)28)20-13-14-22(26)21(24(19)20)11-8-17-25(29)15-5-4-6-16-25/h10,19-22,24,26,29H,2-7,9,12-17H2,1H3,(H,27,28)/b18-10-. The lowest BCUT2D eigenvalue weighted by Gasteiger charge is -2.55. The van der Waals surface area contributed by atoms with Crippen molar-refractivity contribution in [2.24, 2.45) is 23.7 Å². The molecule has 0 spiro atoms. The molecule has 3 saturated carbocycles. The second-order valence-electron chi connectivity index (χ2n) is 9.52. The molecule has 5 atom stereocenters. The van der Waals surface area contributed by atoms with E-state index in [1.165, 1.54) is 12.0 Å². The average Bonchev–Trinajstić information content (AvgIpc) is 2.68. The number of hydrogen-bond donors (Lipinski definition) is 3. The van der Waals surface area contributed by atoms with Crippen LogP contribution in [0, 0.1) is 35.5 Å². The molecule has 162 valence electrons. The number of aliphatic hydroxyl groups excluding tert-OH is 1. The summed E-state index contributed by atoms with van der Waals surface area (Å²) < 4.78 is 0. The van der Waals surface area contributed by atoms with E-state index >= 15 is 0 Å². The molecule has 4 heteroatoms. The van der Waals surface area contributed by atoms with Gasteiger partial charge in [-0.25, -0.2) is 0 Å². The number of aliphatic hydroxyl groups is 2. The number of carboxylic acid groups (broad SMARTS) is 1. The highest BCUT2D eigenvalue weighted by Crippen LogP contribution is 2.57.